The summed E-state index contributed by atoms with van der Waals surface area (Å²) in [4.78, 5) is 11.8. The Morgan fingerprint density at radius 3 is 2.77 bits per heavy atom. The van der Waals surface area contributed by atoms with Crippen molar-refractivity contribution < 1.29 is 23.4 Å². The number of benzene rings is 1. The Hall–Kier alpha value is -1.89. The fourth-order valence-corrected chi connectivity index (χ4v) is 2.10. The second-order valence-corrected chi connectivity index (χ2v) is 4.91. The van der Waals surface area contributed by atoms with E-state index in [-0.39, 0.29) is 18.3 Å². The molecule has 3 N–H and O–H groups in total. The van der Waals surface area contributed by atoms with E-state index in [1.54, 1.807) is 6.07 Å². The van der Waals surface area contributed by atoms with Gasteiger partial charge in [0.1, 0.15) is 5.75 Å². The van der Waals surface area contributed by atoms with Gasteiger partial charge in [0.25, 0.3) is 0 Å². The van der Waals surface area contributed by atoms with Gasteiger partial charge in [-0.15, -0.1) is 0 Å². The summed E-state index contributed by atoms with van der Waals surface area (Å²) in [5.41, 5.74) is 0.366. The van der Waals surface area contributed by atoms with Gasteiger partial charge < -0.3 is 20.5 Å². The number of alkyl halides is 2. The molecule has 0 spiro atoms. The summed E-state index contributed by atoms with van der Waals surface area (Å²) in [5.74, 6) is 0.200. The van der Waals surface area contributed by atoms with Gasteiger partial charge in [-0.05, 0) is 30.9 Å². The van der Waals surface area contributed by atoms with Crippen LogP contribution in [0.4, 0.5) is 19.3 Å². The van der Waals surface area contributed by atoms with Crippen molar-refractivity contribution in [2.24, 2.45) is 5.92 Å². The second-order valence-electron chi connectivity index (χ2n) is 4.91. The minimum Gasteiger partial charge on any atom is -0.435 e. The topological polar surface area (TPSA) is 70.6 Å². The van der Waals surface area contributed by atoms with E-state index in [1.165, 1.54) is 18.2 Å². The first-order chi connectivity index (χ1) is 10.5. The molecule has 0 heterocycles. The number of urea groups is 1. The van der Waals surface area contributed by atoms with E-state index in [0.29, 0.717) is 18.7 Å². The summed E-state index contributed by atoms with van der Waals surface area (Å²) in [5, 5.41) is 14.2. The molecule has 124 valence electrons. The Balaban J connectivity index is 2.47. The number of rotatable bonds is 9. The van der Waals surface area contributed by atoms with Crippen molar-refractivity contribution in [2.45, 2.75) is 32.8 Å². The van der Waals surface area contributed by atoms with Crippen LogP contribution in [-0.4, -0.2) is 30.9 Å². The normalized spacial score (nSPS) is 12.0. The predicted molar refractivity (Wildman–Crippen MR) is 80.2 cm³/mol. The molecule has 0 aliphatic carbocycles. The van der Waals surface area contributed by atoms with Crippen LogP contribution in [0, 0.1) is 5.92 Å². The van der Waals surface area contributed by atoms with Gasteiger partial charge in [0.15, 0.2) is 0 Å². The number of carbonyl (C=O) groups is 1. The Morgan fingerprint density at radius 2 is 2.14 bits per heavy atom. The van der Waals surface area contributed by atoms with E-state index >= 15 is 0 Å². The summed E-state index contributed by atoms with van der Waals surface area (Å²) < 4.78 is 28.5. The first-order valence-electron chi connectivity index (χ1n) is 7.25. The molecule has 0 aliphatic heterocycles. The lowest BCUT2D eigenvalue weighted by Crippen LogP contribution is -2.33. The molecule has 1 aromatic carbocycles. The molecule has 2 amide bonds. The van der Waals surface area contributed by atoms with Crippen LogP contribution >= 0.6 is 0 Å². The summed E-state index contributed by atoms with van der Waals surface area (Å²) >= 11 is 0. The molecule has 1 atom stereocenters. The molecule has 1 unspecified atom stereocenters. The van der Waals surface area contributed by atoms with Crippen LogP contribution in [0.3, 0.4) is 0 Å². The fourth-order valence-electron chi connectivity index (χ4n) is 2.10. The Kier molecular flexibility index (Phi) is 8.21. The first kappa shape index (κ1) is 18.2. The van der Waals surface area contributed by atoms with Crippen molar-refractivity contribution in [1.82, 2.24) is 5.32 Å². The van der Waals surface area contributed by atoms with Crippen molar-refractivity contribution in [3.05, 3.63) is 24.3 Å². The highest BCUT2D eigenvalue weighted by molar-refractivity contribution is 5.89. The lowest BCUT2D eigenvalue weighted by Gasteiger charge is -2.16. The lowest BCUT2D eigenvalue weighted by atomic mass is 10.0. The Labute approximate surface area is 128 Å². The van der Waals surface area contributed by atoms with Gasteiger partial charge in [-0.1, -0.05) is 19.4 Å². The average Bonchev–Trinajstić information content (AvgIpc) is 2.45. The van der Waals surface area contributed by atoms with Gasteiger partial charge >= 0.3 is 12.6 Å². The van der Waals surface area contributed by atoms with Crippen LogP contribution in [0.15, 0.2) is 24.3 Å². The standard InChI is InChI=1S/C15H22F2N2O3/c1-2-4-11(7-8-20)10-18-15(21)19-12-5-3-6-13(9-12)22-14(16)17/h3,5-6,9,11,14,20H,2,4,7-8,10H2,1H3,(H2,18,19,21). The van der Waals surface area contributed by atoms with Crippen LogP contribution in [0.5, 0.6) is 5.75 Å². The largest absolute Gasteiger partial charge is 0.435 e. The molecule has 22 heavy (non-hydrogen) atoms. The van der Waals surface area contributed by atoms with Gasteiger partial charge in [0.05, 0.1) is 0 Å². The summed E-state index contributed by atoms with van der Waals surface area (Å²) in [7, 11) is 0. The summed E-state index contributed by atoms with van der Waals surface area (Å²) in [6.07, 6.45) is 2.52. The third kappa shape index (κ3) is 7.21. The summed E-state index contributed by atoms with van der Waals surface area (Å²) in [6.45, 7) is -0.328. The van der Waals surface area contributed by atoms with Gasteiger partial charge in [0, 0.05) is 24.9 Å². The molecule has 5 nitrogen and oxygen atoms in total. The number of amides is 2. The maximum atomic E-state index is 12.1. The molecular formula is C15H22F2N2O3. The quantitative estimate of drug-likeness (QED) is 0.655. The Morgan fingerprint density at radius 1 is 1.36 bits per heavy atom. The third-order valence-corrected chi connectivity index (χ3v) is 3.10. The number of aliphatic hydroxyl groups is 1. The molecule has 7 heteroatoms. The molecule has 0 saturated heterocycles. The second kappa shape index (κ2) is 9.94. The van der Waals surface area contributed by atoms with E-state index in [4.69, 9.17) is 5.11 Å². The zero-order valence-corrected chi connectivity index (χ0v) is 12.5. The van der Waals surface area contributed by atoms with Crippen molar-refractivity contribution in [2.75, 3.05) is 18.5 Å². The van der Waals surface area contributed by atoms with Crippen LogP contribution in [-0.2, 0) is 0 Å². The highest BCUT2D eigenvalue weighted by Gasteiger charge is 2.10. The maximum Gasteiger partial charge on any atom is 0.387 e. The fraction of sp³-hybridized carbons (Fsp3) is 0.533. The van der Waals surface area contributed by atoms with E-state index in [9.17, 15) is 13.6 Å². The third-order valence-electron chi connectivity index (χ3n) is 3.10. The SMILES string of the molecule is CCCC(CCO)CNC(=O)Nc1cccc(OC(F)F)c1. The smallest absolute Gasteiger partial charge is 0.387 e. The molecule has 0 bridgehead atoms. The van der Waals surface area contributed by atoms with Crippen LogP contribution in [0.2, 0.25) is 0 Å². The minimum atomic E-state index is -2.91. The van der Waals surface area contributed by atoms with Gasteiger partial charge in [-0.2, -0.15) is 8.78 Å². The number of aliphatic hydroxyl groups excluding tert-OH is 1. The van der Waals surface area contributed by atoms with Crippen molar-refractivity contribution in [1.29, 1.82) is 0 Å². The number of hydrogen-bond acceptors (Lipinski definition) is 3. The number of halogens is 2. The summed E-state index contributed by atoms with van der Waals surface area (Å²) in [6, 6.07) is 5.37. The molecule has 0 aromatic heterocycles. The first-order valence-corrected chi connectivity index (χ1v) is 7.25. The van der Waals surface area contributed by atoms with Gasteiger partial charge in [-0.3, -0.25) is 0 Å². The van der Waals surface area contributed by atoms with E-state index in [2.05, 4.69) is 15.4 Å². The Bertz CT molecular complexity index is 452. The zero-order chi connectivity index (χ0) is 16.4. The zero-order valence-electron chi connectivity index (χ0n) is 12.5. The minimum absolute atomic E-state index is 0.0167. The predicted octanol–water partition coefficient (Wildman–Crippen LogP) is 3.21. The molecule has 0 radical (unpaired) electrons. The molecule has 0 saturated carbocycles. The monoisotopic (exact) mass is 316 g/mol. The molecule has 0 aliphatic rings. The van der Waals surface area contributed by atoms with Crippen molar-refractivity contribution >= 4 is 11.7 Å². The molecule has 1 aromatic rings. The average molecular weight is 316 g/mol. The number of hydrogen-bond donors (Lipinski definition) is 3. The lowest BCUT2D eigenvalue weighted by molar-refractivity contribution is -0.0497. The highest BCUT2D eigenvalue weighted by Crippen LogP contribution is 2.19. The van der Waals surface area contributed by atoms with E-state index < -0.39 is 12.6 Å². The van der Waals surface area contributed by atoms with Crippen LogP contribution in [0.25, 0.3) is 0 Å². The molecular weight excluding hydrogens is 294 g/mol. The number of nitrogens with one attached hydrogen (secondary N) is 2. The van der Waals surface area contributed by atoms with E-state index in [1.807, 2.05) is 6.92 Å². The maximum absolute atomic E-state index is 12.1. The highest BCUT2D eigenvalue weighted by atomic mass is 19.3. The van der Waals surface area contributed by atoms with Gasteiger partial charge in [0.2, 0.25) is 0 Å². The van der Waals surface area contributed by atoms with Crippen LogP contribution in [0.1, 0.15) is 26.2 Å². The number of carbonyl (C=O) groups excluding carboxylic acids is 1. The van der Waals surface area contributed by atoms with Gasteiger partial charge in [-0.25, -0.2) is 4.79 Å². The van der Waals surface area contributed by atoms with Crippen molar-refractivity contribution in [3.8, 4) is 5.75 Å². The number of ether oxygens (including phenoxy) is 1. The number of anilines is 1. The van der Waals surface area contributed by atoms with E-state index in [0.717, 1.165) is 12.8 Å². The molecule has 1 rings (SSSR count). The molecule has 0 fully saturated rings. The van der Waals surface area contributed by atoms with Crippen molar-refractivity contribution in [3.63, 3.8) is 0 Å². The van der Waals surface area contributed by atoms with Crippen LogP contribution < -0.4 is 15.4 Å².